The molecule has 2 aromatic heterocycles. The van der Waals surface area contributed by atoms with Crippen molar-refractivity contribution in [2.45, 2.75) is 6.92 Å². The van der Waals surface area contributed by atoms with Crippen molar-refractivity contribution in [2.24, 2.45) is 0 Å². The second-order valence-corrected chi connectivity index (χ2v) is 5.13. The van der Waals surface area contributed by atoms with Crippen LogP contribution in [0.2, 0.25) is 0 Å². The number of aryl methyl sites for hydroxylation is 1. The molecule has 25 heavy (non-hydrogen) atoms. The van der Waals surface area contributed by atoms with Crippen LogP contribution >= 0.6 is 0 Å². The molecule has 0 atom stereocenters. The number of halogens is 2. The smallest absolute Gasteiger partial charge is 0.344 e. The number of nitrogens with zero attached hydrogens (tertiary/aromatic N) is 3. The van der Waals surface area contributed by atoms with Gasteiger partial charge in [0.05, 0.1) is 5.69 Å². The number of fused-ring (bicyclic) bond motifs is 1. The van der Waals surface area contributed by atoms with Gasteiger partial charge in [-0.05, 0) is 25.1 Å². The Labute approximate surface area is 140 Å². The predicted molar refractivity (Wildman–Crippen MR) is 83.0 cm³/mol. The van der Waals surface area contributed by atoms with Gasteiger partial charge in [-0.3, -0.25) is 4.79 Å². The summed E-state index contributed by atoms with van der Waals surface area (Å²) >= 11 is 0. The zero-order chi connectivity index (χ0) is 18.0. The molecule has 0 spiro atoms. The Bertz CT molecular complexity index is 951. The van der Waals surface area contributed by atoms with Crippen molar-refractivity contribution in [3.63, 3.8) is 0 Å². The van der Waals surface area contributed by atoms with Crippen molar-refractivity contribution in [1.29, 1.82) is 0 Å². The number of aromatic nitrogens is 3. The third kappa shape index (κ3) is 3.60. The van der Waals surface area contributed by atoms with Gasteiger partial charge in [-0.25, -0.2) is 23.1 Å². The van der Waals surface area contributed by atoms with Crippen molar-refractivity contribution in [2.75, 3.05) is 11.9 Å². The summed E-state index contributed by atoms with van der Waals surface area (Å²) in [6.45, 7) is 0.988. The first-order valence-corrected chi connectivity index (χ1v) is 7.17. The SMILES string of the molecule is Cc1nn2cccnc2c1C(=O)OCC(=O)Nc1cc(F)cc(F)c1. The summed E-state index contributed by atoms with van der Waals surface area (Å²) in [6, 6.07) is 4.22. The average Bonchev–Trinajstić information content (AvgIpc) is 2.87. The summed E-state index contributed by atoms with van der Waals surface area (Å²) in [4.78, 5) is 28.0. The highest BCUT2D eigenvalue weighted by Crippen LogP contribution is 2.15. The van der Waals surface area contributed by atoms with E-state index in [0.717, 1.165) is 12.1 Å². The lowest BCUT2D eigenvalue weighted by molar-refractivity contribution is -0.119. The van der Waals surface area contributed by atoms with Crippen LogP contribution in [0.15, 0.2) is 36.7 Å². The number of benzene rings is 1. The van der Waals surface area contributed by atoms with E-state index in [-0.39, 0.29) is 11.3 Å². The average molecular weight is 346 g/mol. The molecule has 0 fully saturated rings. The van der Waals surface area contributed by atoms with E-state index in [9.17, 15) is 18.4 Å². The van der Waals surface area contributed by atoms with E-state index in [0.29, 0.717) is 17.4 Å². The number of carbonyl (C=O) groups excluding carboxylic acids is 2. The molecule has 3 aromatic rings. The van der Waals surface area contributed by atoms with Crippen LogP contribution in [-0.4, -0.2) is 33.1 Å². The van der Waals surface area contributed by atoms with Gasteiger partial charge in [0.1, 0.15) is 17.2 Å². The van der Waals surface area contributed by atoms with Gasteiger partial charge in [0.2, 0.25) is 0 Å². The molecule has 0 aliphatic carbocycles. The van der Waals surface area contributed by atoms with Crippen LogP contribution in [0, 0.1) is 18.6 Å². The number of hydrogen-bond acceptors (Lipinski definition) is 5. The largest absolute Gasteiger partial charge is 0.452 e. The number of esters is 1. The second-order valence-electron chi connectivity index (χ2n) is 5.13. The fraction of sp³-hybridized carbons (Fsp3) is 0.125. The minimum atomic E-state index is -0.833. The third-order valence-electron chi connectivity index (χ3n) is 3.26. The Kier molecular flexibility index (Phi) is 4.38. The van der Waals surface area contributed by atoms with E-state index in [1.165, 1.54) is 10.7 Å². The van der Waals surface area contributed by atoms with Gasteiger partial charge in [-0.15, -0.1) is 0 Å². The summed E-state index contributed by atoms with van der Waals surface area (Å²) in [5.41, 5.74) is 0.770. The van der Waals surface area contributed by atoms with Gasteiger partial charge >= 0.3 is 5.97 Å². The van der Waals surface area contributed by atoms with Gasteiger partial charge < -0.3 is 10.1 Å². The molecule has 1 aromatic carbocycles. The van der Waals surface area contributed by atoms with Gasteiger partial charge in [0.25, 0.3) is 5.91 Å². The van der Waals surface area contributed by atoms with E-state index in [4.69, 9.17) is 4.74 Å². The van der Waals surface area contributed by atoms with Gasteiger partial charge in [0.15, 0.2) is 12.3 Å². The molecule has 9 heteroatoms. The lowest BCUT2D eigenvalue weighted by atomic mass is 10.2. The Balaban J connectivity index is 1.67. The van der Waals surface area contributed by atoms with Crippen molar-refractivity contribution >= 4 is 23.2 Å². The molecule has 0 radical (unpaired) electrons. The number of anilines is 1. The predicted octanol–water partition coefficient (Wildman–Crippen LogP) is 2.11. The third-order valence-corrected chi connectivity index (χ3v) is 3.26. The molecular weight excluding hydrogens is 334 g/mol. The summed E-state index contributed by atoms with van der Waals surface area (Å²) in [5.74, 6) is -3.17. The maximum Gasteiger partial charge on any atom is 0.344 e. The summed E-state index contributed by atoms with van der Waals surface area (Å²) < 4.78 is 32.5. The van der Waals surface area contributed by atoms with Crippen LogP contribution in [0.4, 0.5) is 14.5 Å². The van der Waals surface area contributed by atoms with E-state index in [2.05, 4.69) is 15.4 Å². The Morgan fingerprint density at radius 3 is 2.68 bits per heavy atom. The van der Waals surface area contributed by atoms with Crippen molar-refractivity contribution in [3.05, 3.63) is 59.6 Å². The van der Waals surface area contributed by atoms with Gasteiger partial charge in [0, 0.05) is 24.1 Å². The van der Waals surface area contributed by atoms with Gasteiger partial charge in [-0.1, -0.05) is 0 Å². The molecule has 1 amide bonds. The molecule has 0 saturated carbocycles. The minimum Gasteiger partial charge on any atom is -0.452 e. The summed E-state index contributed by atoms with van der Waals surface area (Å²) in [5, 5.41) is 6.36. The standard InChI is InChI=1S/C16H12F2N4O3/c1-9-14(15-19-3-2-4-22(15)21-9)16(24)25-8-13(23)20-12-6-10(17)5-11(18)7-12/h2-7H,8H2,1H3,(H,20,23). The minimum absolute atomic E-state index is 0.0765. The highest BCUT2D eigenvalue weighted by atomic mass is 19.1. The van der Waals surface area contributed by atoms with Crippen LogP contribution in [0.5, 0.6) is 0 Å². The Morgan fingerprint density at radius 1 is 1.24 bits per heavy atom. The number of carbonyl (C=O) groups is 2. The molecule has 128 valence electrons. The second kappa shape index (κ2) is 6.63. The zero-order valence-electron chi connectivity index (χ0n) is 13.0. The van der Waals surface area contributed by atoms with Crippen LogP contribution in [-0.2, 0) is 9.53 Å². The highest BCUT2D eigenvalue weighted by Gasteiger charge is 2.20. The normalized spacial score (nSPS) is 10.7. The maximum absolute atomic E-state index is 13.1. The first-order chi connectivity index (χ1) is 11.9. The lowest BCUT2D eigenvalue weighted by Gasteiger charge is -2.07. The van der Waals surface area contributed by atoms with Crippen molar-refractivity contribution < 1.29 is 23.1 Å². The first-order valence-electron chi connectivity index (χ1n) is 7.17. The van der Waals surface area contributed by atoms with Gasteiger partial charge in [-0.2, -0.15) is 5.10 Å². The Hall–Kier alpha value is -3.36. The van der Waals surface area contributed by atoms with E-state index >= 15 is 0 Å². The highest BCUT2D eigenvalue weighted by molar-refractivity contribution is 5.99. The molecule has 1 N–H and O–H groups in total. The van der Waals surface area contributed by atoms with Crippen LogP contribution in [0.25, 0.3) is 5.65 Å². The summed E-state index contributed by atoms with van der Waals surface area (Å²) in [6.07, 6.45) is 3.12. The fourth-order valence-corrected chi connectivity index (χ4v) is 2.26. The number of ether oxygens (including phenoxy) is 1. The van der Waals surface area contributed by atoms with Crippen LogP contribution in [0.3, 0.4) is 0 Å². The number of amides is 1. The quantitative estimate of drug-likeness (QED) is 0.732. The summed E-state index contributed by atoms with van der Waals surface area (Å²) in [7, 11) is 0. The number of rotatable bonds is 4. The maximum atomic E-state index is 13.1. The van der Waals surface area contributed by atoms with Crippen molar-refractivity contribution in [1.82, 2.24) is 14.6 Å². The van der Waals surface area contributed by atoms with Crippen LogP contribution < -0.4 is 5.32 Å². The van der Waals surface area contributed by atoms with E-state index < -0.39 is 30.1 Å². The topological polar surface area (TPSA) is 85.6 Å². The molecule has 0 aliphatic rings. The molecule has 0 unspecified atom stereocenters. The molecule has 2 heterocycles. The first kappa shape index (κ1) is 16.5. The molecule has 0 saturated heterocycles. The number of nitrogens with one attached hydrogen (secondary N) is 1. The zero-order valence-corrected chi connectivity index (χ0v) is 13.0. The molecule has 0 bridgehead atoms. The molecule has 7 nitrogen and oxygen atoms in total. The monoisotopic (exact) mass is 346 g/mol. The molecule has 3 rings (SSSR count). The lowest BCUT2D eigenvalue weighted by Crippen LogP contribution is -2.21. The fourth-order valence-electron chi connectivity index (χ4n) is 2.26. The number of hydrogen-bond donors (Lipinski definition) is 1. The molecular formula is C16H12F2N4O3. The van der Waals surface area contributed by atoms with E-state index in [1.54, 1.807) is 19.2 Å². The Morgan fingerprint density at radius 2 is 1.96 bits per heavy atom. The van der Waals surface area contributed by atoms with Crippen LogP contribution in [0.1, 0.15) is 16.1 Å². The van der Waals surface area contributed by atoms with E-state index in [1.807, 2.05) is 0 Å². The molecule has 0 aliphatic heterocycles. The van der Waals surface area contributed by atoms with Crippen molar-refractivity contribution in [3.8, 4) is 0 Å².